The van der Waals surface area contributed by atoms with Crippen LogP contribution in [0.4, 0.5) is 13.2 Å². The number of hydrogen-bond acceptors (Lipinski definition) is 4. The largest absolute Gasteiger partial charge is 0.416 e. The summed E-state index contributed by atoms with van der Waals surface area (Å²) in [6, 6.07) is 5.30. The third-order valence-corrected chi connectivity index (χ3v) is 6.85. The van der Waals surface area contributed by atoms with Crippen molar-refractivity contribution >= 4 is 5.91 Å². The van der Waals surface area contributed by atoms with Gasteiger partial charge >= 0.3 is 6.18 Å². The summed E-state index contributed by atoms with van der Waals surface area (Å²) in [4.78, 5) is 13.3. The summed E-state index contributed by atoms with van der Waals surface area (Å²) >= 11 is 0. The summed E-state index contributed by atoms with van der Waals surface area (Å²) in [6.45, 7) is 1.90. The molecule has 3 heterocycles. The lowest BCUT2D eigenvalue weighted by molar-refractivity contribution is -0.137. The Morgan fingerprint density at radius 1 is 1.28 bits per heavy atom. The Balaban J connectivity index is 1.73. The number of fused-ring (bicyclic) bond motifs is 1. The number of amides is 1. The SMILES string of the molecule is CC[C@@]1(c2cccc(C(F)(F)F)c2)C2=CN=NC2NC2=C1C(=O)NC1(CCC1)C2. The van der Waals surface area contributed by atoms with Crippen LogP contribution in [-0.2, 0) is 16.4 Å². The van der Waals surface area contributed by atoms with Crippen molar-refractivity contribution in [2.24, 2.45) is 10.2 Å². The Morgan fingerprint density at radius 3 is 2.72 bits per heavy atom. The van der Waals surface area contributed by atoms with E-state index in [1.165, 1.54) is 6.07 Å². The summed E-state index contributed by atoms with van der Waals surface area (Å²) in [6.07, 6.45) is 0.639. The van der Waals surface area contributed by atoms with Crippen LogP contribution in [0.5, 0.6) is 0 Å². The standard InChI is InChI=1S/C21H21F3N4O/c1-2-20(12-5-3-6-13(9-12)21(22,23)24)14-11-25-28-17(14)26-15-10-19(7-4-8-19)27-18(29)16(15)20/h3,5-6,9,11,17,26H,2,4,7-8,10H2,1H3,(H,27,29)/t17?,20-/m1/s1. The molecule has 2 atom stereocenters. The third kappa shape index (κ3) is 2.50. The predicted molar refractivity (Wildman–Crippen MR) is 99.6 cm³/mol. The van der Waals surface area contributed by atoms with Crippen molar-refractivity contribution in [3.05, 3.63) is 58.4 Å². The summed E-state index contributed by atoms with van der Waals surface area (Å²) in [5, 5.41) is 14.8. The molecule has 5 rings (SSSR count). The van der Waals surface area contributed by atoms with E-state index in [0.29, 0.717) is 24.0 Å². The second kappa shape index (κ2) is 5.93. The highest BCUT2D eigenvalue weighted by Crippen LogP contribution is 2.53. The first-order valence-corrected chi connectivity index (χ1v) is 9.90. The van der Waals surface area contributed by atoms with Gasteiger partial charge in [0.1, 0.15) is 0 Å². The molecule has 0 saturated heterocycles. The highest BCUT2D eigenvalue weighted by atomic mass is 19.4. The highest BCUT2D eigenvalue weighted by molar-refractivity contribution is 6.00. The van der Waals surface area contributed by atoms with Crippen molar-refractivity contribution in [3.63, 3.8) is 0 Å². The molecule has 1 aliphatic carbocycles. The van der Waals surface area contributed by atoms with Gasteiger partial charge in [0.05, 0.1) is 22.8 Å². The van der Waals surface area contributed by atoms with Gasteiger partial charge in [-0.3, -0.25) is 4.79 Å². The van der Waals surface area contributed by atoms with E-state index in [-0.39, 0.29) is 11.4 Å². The summed E-state index contributed by atoms with van der Waals surface area (Å²) in [5.74, 6) is -0.205. The molecular weight excluding hydrogens is 381 g/mol. The Morgan fingerprint density at radius 2 is 2.07 bits per heavy atom. The summed E-state index contributed by atoms with van der Waals surface area (Å²) in [7, 11) is 0. The molecule has 3 aliphatic heterocycles. The van der Waals surface area contributed by atoms with Crippen molar-refractivity contribution in [2.45, 2.75) is 62.3 Å². The molecule has 8 heteroatoms. The van der Waals surface area contributed by atoms with Crippen LogP contribution in [-0.4, -0.2) is 17.6 Å². The minimum atomic E-state index is -4.46. The Bertz CT molecular complexity index is 990. The van der Waals surface area contributed by atoms with E-state index in [4.69, 9.17) is 0 Å². The molecule has 1 aromatic carbocycles. The van der Waals surface area contributed by atoms with E-state index in [1.807, 2.05) is 6.92 Å². The molecule has 2 N–H and O–H groups in total. The molecule has 0 radical (unpaired) electrons. The topological polar surface area (TPSA) is 65.8 Å². The average Bonchev–Trinajstić information content (AvgIpc) is 3.13. The maximum Gasteiger partial charge on any atom is 0.416 e. The van der Waals surface area contributed by atoms with Gasteiger partial charge in [0.25, 0.3) is 5.91 Å². The fourth-order valence-corrected chi connectivity index (χ4v) is 5.30. The quantitative estimate of drug-likeness (QED) is 0.773. The fourth-order valence-electron chi connectivity index (χ4n) is 5.30. The van der Waals surface area contributed by atoms with Crippen molar-refractivity contribution < 1.29 is 18.0 Å². The van der Waals surface area contributed by atoms with Crippen LogP contribution >= 0.6 is 0 Å². The number of carbonyl (C=O) groups is 1. The number of hydrogen-bond donors (Lipinski definition) is 2. The van der Waals surface area contributed by atoms with Crippen LogP contribution in [0.15, 0.2) is 57.5 Å². The first-order chi connectivity index (χ1) is 13.8. The van der Waals surface area contributed by atoms with Crippen LogP contribution in [0.1, 0.15) is 50.2 Å². The molecule has 1 amide bonds. The lowest BCUT2D eigenvalue weighted by Crippen LogP contribution is -2.62. The van der Waals surface area contributed by atoms with Gasteiger partial charge in [-0.05, 0) is 37.3 Å². The minimum absolute atomic E-state index is 0.205. The van der Waals surface area contributed by atoms with Crippen LogP contribution in [0.3, 0.4) is 0 Å². The van der Waals surface area contributed by atoms with E-state index in [2.05, 4.69) is 20.9 Å². The highest BCUT2D eigenvalue weighted by Gasteiger charge is 2.55. The molecular formula is C21H21F3N4O. The van der Waals surface area contributed by atoms with Gasteiger partial charge < -0.3 is 10.6 Å². The number of nitrogens with zero attached hydrogens (tertiary/aromatic N) is 2. The molecule has 0 bridgehead atoms. The summed E-state index contributed by atoms with van der Waals surface area (Å²) < 4.78 is 40.3. The van der Waals surface area contributed by atoms with E-state index in [1.54, 1.807) is 12.3 Å². The van der Waals surface area contributed by atoms with Crippen LogP contribution in [0.2, 0.25) is 0 Å². The second-order valence-electron chi connectivity index (χ2n) is 8.32. The van der Waals surface area contributed by atoms with E-state index in [9.17, 15) is 18.0 Å². The molecule has 4 aliphatic rings. The Labute approximate surface area is 166 Å². The molecule has 1 fully saturated rings. The van der Waals surface area contributed by atoms with Gasteiger partial charge in [-0.1, -0.05) is 25.1 Å². The molecule has 29 heavy (non-hydrogen) atoms. The number of halogens is 3. The Kier molecular flexibility index (Phi) is 3.76. The second-order valence-corrected chi connectivity index (χ2v) is 8.32. The average molecular weight is 402 g/mol. The van der Waals surface area contributed by atoms with Gasteiger partial charge in [-0.25, -0.2) is 0 Å². The number of rotatable bonds is 2. The molecule has 5 nitrogen and oxygen atoms in total. The molecule has 0 aromatic heterocycles. The monoisotopic (exact) mass is 402 g/mol. The van der Waals surface area contributed by atoms with Gasteiger partial charge in [0.15, 0.2) is 6.17 Å². The zero-order valence-corrected chi connectivity index (χ0v) is 15.9. The zero-order chi connectivity index (χ0) is 20.4. The molecule has 1 aromatic rings. The van der Waals surface area contributed by atoms with E-state index >= 15 is 0 Å². The first-order valence-electron chi connectivity index (χ1n) is 9.90. The maximum absolute atomic E-state index is 13.4. The van der Waals surface area contributed by atoms with Gasteiger partial charge in [-0.2, -0.15) is 23.4 Å². The number of azo groups is 1. The van der Waals surface area contributed by atoms with Crippen molar-refractivity contribution in [3.8, 4) is 0 Å². The lowest BCUT2D eigenvalue weighted by atomic mass is 9.60. The Hall–Kier alpha value is -2.64. The minimum Gasteiger partial charge on any atom is -0.362 e. The van der Waals surface area contributed by atoms with Crippen LogP contribution < -0.4 is 10.6 Å². The fraction of sp³-hybridized carbons (Fsp3) is 0.476. The normalized spacial score (nSPS) is 29.6. The zero-order valence-electron chi connectivity index (χ0n) is 15.9. The number of carbonyl (C=O) groups excluding carboxylic acids is 1. The number of nitrogens with one attached hydrogen (secondary N) is 2. The molecule has 152 valence electrons. The summed E-state index contributed by atoms with van der Waals surface area (Å²) in [5.41, 5.74) is 0.505. The van der Waals surface area contributed by atoms with Gasteiger partial charge in [0, 0.05) is 23.2 Å². The van der Waals surface area contributed by atoms with E-state index < -0.39 is 23.3 Å². The van der Waals surface area contributed by atoms with Crippen molar-refractivity contribution in [1.29, 1.82) is 0 Å². The maximum atomic E-state index is 13.4. The van der Waals surface area contributed by atoms with Crippen molar-refractivity contribution in [2.75, 3.05) is 0 Å². The van der Waals surface area contributed by atoms with E-state index in [0.717, 1.165) is 42.7 Å². The predicted octanol–water partition coefficient (Wildman–Crippen LogP) is 4.33. The van der Waals surface area contributed by atoms with Crippen LogP contribution in [0, 0.1) is 0 Å². The van der Waals surface area contributed by atoms with Gasteiger partial charge in [0.2, 0.25) is 0 Å². The van der Waals surface area contributed by atoms with Crippen LogP contribution in [0.25, 0.3) is 0 Å². The molecule has 1 saturated carbocycles. The number of alkyl halides is 3. The molecule has 1 unspecified atom stereocenters. The lowest BCUT2D eigenvalue weighted by Gasteiger charge is -2.52. The first kappa shape index (κ1) is 18.4. The smallest absolute Gasteiger partial charge is 0.362 e. The van der Waals surface area contributed by atoms with Crippen molar-refractivity contribution in [1.82, 2.24) is 10.6 Å². The number of benzene rings is 1. The third-order valence-electron chi connectivity index (χ3n) is 6.85. The van der Waals surface area contributed by atoms with Gasteiger partial charge in [-0.15, -0.1) is 0 Å². The molecule has 1 spiro atoms.